The van der Waals surface area contributed by atoms with Crippen molar-refractivity contribution in [2.75, 3.05) is 12.9 Å². The summed E-state index contributed by atoms with van der Waals surface area (Å²) in [5.74, 6) is -1.04. The summed E-state index contributed by atoms with van der Waals surface area (Å²) in [6.07, 6.45) is 1.07. The van der Waals surface area contributed by atoms with Crippen molar-refractivity contribution >= 4 is 48.3 Å². The van der Waals surface area contributed by atoms with Gasteiger partial charge >= 0.3 is 5.97 Å². The highest BCUT2D eigenvalue weighted by Crippen LogP contribution is 2.35. The fraction of sp³-hybridized carbons (Fsp3) is 0.200. The zero-order chi connectivity index (χ0) is 20.8. The first-order valence-corrected chi connectivity index (χ1v) is 11.5. The molecule has 2 heterocycles. The number of thiophene rings is 1. The van der Waals surface area contributed by atoms with Crippen LogP contribution in [0.3, 0.4) is 0 Å². The molecule has 2 aromatic carbocycles. The number of benzene rings is 2. The zero-order valence-electron chi connectivity index (χ0n) is 15.7. The Morgan fingerprint density at radius 2 is 1.97 bits per heavy atom. The van der Waals surface area contributed by atoms with Crippen LogP contribution in [-0.2, 0) is 21.1 Å². The van der Waals surface area contributed by atoms with Crippen molar-refractivity contribution < 1.29 is 22.3 Å². The van der Waals surface area contributed by atoms with Gasteiger partial charge in [-0.3, -0.25) is 0 Å². The van der Waals surface area contributed by atoms with E-state index in [1.807, 2.05) is 0 Å². The highest BCUT2D eigenvalue weighted by Gasteiger charge is 2.25. The molecule has 150 valence electrons. The summed E-state index contributed by atoms with van der Waals surface area (Å²) in [7, 11) is -3.66. The summed E-state index contributed by atoms with van der Waals surface area (Å²) in [5.41, 5.74) is 1.47. The molecular weight excluding hydrogens is 415 g/mol. The number of halogens is 1. The molecule has 0 saturated carbocycles. The van der Waals surface area contributed by atoms with Gasteiger partial charge < -0.3 is 9.30 Å². The summed E-state index contributed by atoms with van der Waals surface area (Å²) in [4.78, 5) is 17.0. The topological polar surface area (TPSA) is 78.3 Å². The Balaban J connectivity index is 2.00. The molecule has 0 fully saturated rings. The molecule has 4 aromatic rings. The van der Waals surface area contributed by atoms with Crippen LogP contribution < -0.4 is 0 Å². The van der Waals surface area contributed by atoms with E-state index in [1.165, 1.54) is 10.6 Å². The van der Waals surface area contributed by atoms with Crippen molar-refractivity contribution in [3.8, 4) is 0 Å². The molecule has 0 radical (unpaired) electrons. The van der Waals surface area contributed by atoms with Gasteiger partial charge in [0.15, 0.2) is 0 Å². The molecule has 0 bridgehead atoms. The molecule has 0 aliphatic heterocycles. The number of aromatic nitrogens is 2. The van der Waals surface area contributed by atoms with Gasteiger partial charge in [-0.15, -0.1) is 11.3 Å². The van der Waals surface area contributed by atoms with E-state index in [4.69, 9.17) is 4.74 Å². The highest BCUT2D eigenvalue weighted by molar-refractivity contribution is 7.90. The number of hydrogen-bond donors (Lipinski definition) is 0. The fourth-order valence-electron chi connectivity index (χ4n) is 3.33. The van der Waals surface area contributed by atoms with Gasteiger partial charge in [0, 0.05) is 21.9 Å². The Kier molecular flexibility index (Phi) is 4.87. The van der Waals surface area contributed by atoms with E-state index in [9.17, 15) is 17.6 Å². The largest absolute Gasteiger partial charge is 0.462 e. The predicted octanol–water partition coefficient (Wildman–Crippen LogP) is 4.02. The first-order chi connectivity index (χ1) is 13.8. The molecule has 2 aromatic heterocycles. The summed E-state index contributed by atoms with van der Waals surface area (Å²) >= 11 is 1.13. The van der Waals surface area contributed by atoms with E-state index in [0.29, 0.717) is 21.3 Å². The molecule has 0 amide bonds. The predicted molar refractivity (Wildman–Crippen MR) is 110 cm³/mol. The molecule has 0 spiro atoms. The molecule has 6 nitrogen and oxygen atoms in total. The van der Waals surface area contributed by atoms with E-state index < -0.39 is 21.6 Å². The maximum absolute atomic E-state index is 14.7. The van der Waals surface area contributed by atoms with Crippen LogP contribution >= 0.6 is 11.3 Å². The van der Waals surface area contributed by atoms with E-state index >= 15 is 0 Å². The number of carbonyl (C=O) groups excluding carboxylic acids is 1. The zero-order valence-corrected chi connectivity index (χ0v) is 17.3. The van der Waals surface area contributed by atoms with Crippen molar-refractivity contribution in [3.05, 3.63) is 58.7 Å². The van der Waals surface area contributed by atoms with Crippen molar-refractivity contribution in [2.24, 2.45) is 0 Å². The molecule has 0 aliphatic rings. The maximum Gasteiger partial charge on any atom is 0.348 e. The lowest BCUT2D eigenvalue weighted by Crippen LogP contribution is -2.13. The number of carbonyl (C=O) groups is 1. The van der Waals surface area contributed by atoms with Crippen LogP contribution in [0.4, 0.5) is 4.39 Å². The van der Waals surface area contributed by atoms with Gasteiger partial charge in [-0.2, -0.15) is 0 Å². The van der Waals surface area contributed by atoms with Gasteiger partial charge in [0.05, 0.1) is 24.2 Å². The minimum atomic E-state index is -3.66. The van der Waals surface area contributed by atoms with Gasteiger partial charge in [-0.05, 0) is 31.2 Å². The minimum absolute atomic E-state index is 0.0298. The van der Waals surface area contributed by atoms with Crippen LogP contribution in [0.2, 0.25) is 0 Å². The number of para-hydroxylation sites is 2. The molecular formula is C20H17FN2O4S2. The molecule has 0 aliphatic carbocycles. The van der Waals surface area contributed by atoms with E-state index in [-0.39, 0.29) is 28.6 Å². The quantitative estimate of drug-likeness (QED) is 0.445. The monoisotopic (exact) mass is 432 g/mol. The number of nitrogens with zero attached hydrogens (tertiary/aromatic N) is 2. The van der Waals surface area contributed by atoms with Crippen molar-refractivity contribution in [3.63, 3.8) is 0 Å². The minimum Gasteiger partial charge on any atom is -0.462 e. The lowest BCUT2D eigenvalue weighted by molar-refractivity contribution is 0.0531. The van der Waals surface area contributed by atoms with Crippen LogP contribution in [0.25, 0.3) is 21.1 Å². The lowest BCUT2D eigenvalue weighted by Gasteiger charge is -2.10. The van der Waals surface area contributed by atoms with E-state index in [0.717, 1.165) is 17.6 Å². The first kappa shape index (κ1) is 19.5. The second-order valence-electron chi connectivity index (χ2n) is 6.48. The molecule has 29 heavy (non-hydrogen) atoms. The smallest absolute Gasteiger partial charge is 0.348 e. The summed E-state index contributed by atoms with van der Waals surface area (Å²) in [6, 6.07) is 11.6. The third kappa shape index (κ3) is 3.40. The highest BCUT2D eigenvalue weighted by atomic mass is 32.2. The number of fused-ring (bicyclic) bond motifs is 2. The molecule has 0 unspecified atom stereocenters. The first-order valence-electron chi connectivity index (χ1n) is 8.83. The number of rotatable bonds is 5. The summed E-state index contributed by atoms with van der Waals surface area (Å²) in [6.45, 7) is 1.84. The molecule has 4 rings (SSSR count). The standard InChI is InChI=1S/C20H17FN2O4S2/c1-3-27-19(24)18-12(17-13(21)7-6-10-16(17)28-18)11-23-15-9-5-4-8-14(15)22-20(23)29(2,25)26/h4-10H,3,11H2,1-2H3. The number of sulfone groups is 1. The van der Waals surface area contributed by atoms with Crippen molar-refractivity contribution in [1.82, 2.24) is 9.55 Å². The maximum atomic E-state index is 14.7. The Morgan fingerprint density at radius 1 is 1.21 bits per heavy atom. The van der Waals surface area contributed by atoms with Crippen LogP contribution in [-0.4, -0.2) is 36.8 Å². The molecule has 9 heteroatoms. The van der Waals surface area contributed by atoms with Gasteiger partial charge in [-0.25, -0.2) is 22.6 Å². The normalized spacial score (nSPS) is 12.0. The number of hydrogen-bond acceptors (Lipinski definition) is 6. The Bertz CT molecular complexity index is 1360. The number of imidazole rings is 1. The summed E-state index contributed by atoms with van der Waals surface area (Å²) < 4.78 is 46.7. The summed E-state index contributed by atoms with van der Waals surface area (Å²) in [5, 5.41) is 0.155. The van der Waals surface area contributed by atoms with Crippen molar-refractivity contribution in [2.45, 2.75) is 18.6 Å². The average Bonchev–Trinajstić information content (AvgIpc) is 3.22. The van der Waals surface area contributed by atoms with Crippen LogP contribution in [0.15, 0.2) is 47.6 Å². The number of esters is 1. The second-order valence-corrected chi connectivity index (χ2v) is 9.45. The SMILES string of the molecule is CCOC(=O)c1sc2cccc(F)c2c1Cn1c(S(C)(=O)=O)nc2ccccc21. The molecule has 0 saturated heterocycles. The van der Waals surface area contributed by atoms with Crippen LogP contribution in [0.5, 0.6) is 0 Å². The van der Waals surface area contributed by atoms with Crippen LogP contribution in [0, 0.1) is 5.82 Å². The Hall–Kier alpha value is -2.78. The van der Waals surface area contributed by atoms with Gasteiger partial charge in [0.1, 0.15) is 10.7 Å². The third-order valence-electron chi connectivity index (χ3n) is 4.49. The van der Waals surface area contributed by atoms with Crippen LogP contribution in [0.1, 0.15) is 22.2 Å². The Labute approximate surface area is 170 Å². The van der Waals surface area contributed by atoms with E-state index in [1.54, 1.807) is 43.3 Å². The molecule has 0 atom stereocenters. The fourth-order valence-corrected chi connectivity index (χ4v) is 5.28. The van der Waals surface area contributed by atoms with Gasteiger partial charge in [0.25, 0.3) is 0 Å². The second kappa shape index (κ2) is 7.23. The lowest BCUT2D eigenvalue weighted by atomic mass is 10.1. The van der Waals surface area contributed by atoms with Crippen molar-refractivity contribution in [1.29, 1.82) is 0 Å². The van der Waals surface area contributed by atoms with Gasteiger partial charge in [0.2, 0.25) is 15.0 Å². The van der Waals surface area contributed by atoms with Gasteiger partial charge in [-0.1, -0.05) is 18.2 Å². The molecule has 0 N–H and O–H groups in total. The van der Waals surface area contributed by atoms with E-state index in [2.05, 4.69) is 4.98 Å². The average molecular weight is 432 g/mol. The third-order valence-corrected chi connectivity index (χ3v) is 6.64. The number of ether oxygens (including phenoxy) is 1. The Morgan fingerprint density at radius 3 is 2.69 bits per heavy atom.